The minimum absolute atomic E-state index is 0.0283. The average molecular weight is 478 g/mol. The number of rotatable bonds is 5. The van der Waals surface area contributed by atoms with E-state index in [1.54, 1.807) is 74.7 Å². The lowest BCUT2D eigenvalue weighted by molar-refractivity contribution is -0.132. The van der Waals surface area contributed by atoms with E-state index >= 15 is 0 Å². The molecule has 1 aliphatic heterocycles. The minimum atomic E-state index is -0.920. The van der Waals surface area contributed by atoms with Crippen molar-refractivity contribution in [1.82, 2.24) is 0 Å². The molecular formula is C27H24ClNO5. The second-order valence-electron chi connectivity index (χ2n) is 8.03. The Labute approximate surface area is 203 Å². The molecule has 3 aromatic rings. The first kappa shape index (κ1) is 23.4. The quantitative estimate of drug-likeness (QED) is 0.294. The number of carbonyl (C=O) groups excluding carboxylic acids is 2. The number of ketones is 1. The van der Waals surface area contributed by atoms with Crippen LogP contribution in [0.2, 0.25) is 5.02 Å². The van der Waals surface area contributed by atoms with Crippen molar-refractivity contribution in [3.8, 4) is 11.5 Å². The number of aliphatic hydroxyl groups is 1. The van der Waals surface area contributed by atoms with Gasteiger partial charge in [0.2, 0.25) is 0 Å². The van der Waals surface area contributed by atoms with Gasteiger partial charge in [0.1, 0.15) is 17.3 Å². The van der Waals surface area contributed by atoms with Crippen LogP contribution < -0.4 is 14.4 Å². The van der Waals surface area contributed by atoms with E-state index in [9.17, 15) is 14.7 Å². The molecular weight excluding hydrogens is 454 g/mol. The van der Waals surface area contributed by atoms with Crippen LogP contribution in [-0.4, -0.2) is 31.0 Å². The molecule has 0 spiro atoms. The van der Waals surface area contributed by atoms with Gasteiger partial charge in [-0.15, -0.1) is 0 Å². The van der Waals surface area contributed by atoms with Crippen LogP contribution in [0.4, 0.5) is 5.69 Å². The Bertz CT molecular complexity index is 1330. The van der Waals surface area contributed by atoms with Gasteiger partial charge >= 0.3 is 0 Å². The Morgan fingerprint density at radius 3 is 2.32 bits per heavy atom. The number of benzene rings is 3. The molecule has 1 N–H and O–H groups in total. The summed E-state index contributed by atoms with van der Waals surface area (Å²) < 4.78 is 10.8. The maximum absolute atomic E-state index is 13.4. The van der Waals surface area contributed by atoms with Gasteiger partial charge in [-0.05, 0) is 61.4 Å². The van der Waals surface area contributed by atoms with E-state index in [0.717, 1.165) is 5.56 Å². The van der Waals surface area contributed by atoms with Crippen molar-refractivity contribution >= 4 is 34.7 Å². The summed E-state index contributed by atoms with van der Waals surface area (Å²) in [7, 11) is 3.07. The van der Waals surface area contributed by atoms with Gasteiger partial charge in [0.15, 0.2) is 0 Å². The first-order chi connectivity index (χ1) is 16.3. The summed E-state index contributed by atoms with van der Waals surface area (Å²) in [5.74, 6) is -0.723. The fourth-order valence-electron chi connectivity index (χ4n) is 4.19. The molecule has 1 fully saturated rings. The van der Waals surface area contributed by atoms with Crippen LogP contribution in [-0.2, 0) is 9.59 Å². The van der Waals surface area contributed by atoms with Crippen molar-refractivity contribution in [2.75, 3.05) is 19.1 Å². The van der Waals surface area contributed by atoms with E-state index in [4.69, 9.17) is 21.1 Å². The van der Waals surface area contributed by atoms with E-state index < -0.39 is 17.7 Å². The Morgan fingerprint density at radius 1 is 0.941 bits per heavy atom. The molecule has 174 valence electrons. The molecule has 0 aliphatic carbocycles. The van der Waals surface area contributed by atoms with Crippen LogP contribution in [0.25, 0.3) is 5.76 Å². The van der Waals surface area contributed by atoms with Gasteiger partial charge in [0.25, 0.3) is 11.7 Å². The zero-order valence-corrected chi connectivity index (χ0v) is 20.0. The van der Waals surface area contributed by atoms with Crippen LogP contribution in [0, 0.1) is 13.8 Å². The van der Waals surface area contributed by atoms with E-state index in [1.807, 2.05) is 6.92 Å². The third-order valence-corrected chi connectivity index (χ3v) is 6.41. The van der Waals surface area contributed by atoms with E-state index in [0.29, 0.717) is 38.9 Å². The van der Waals surface area contributed by atoms with E-state index in [-0.39, 0.29) is 11.3 Å². The number of anilines is 1. The van der Waals surface area contributed by atoms with Gasteiger partial charge in [-0.3, -0.25) is 14.5 Å². The van der Waals surface area contributed by atoms with Gasteiger partial charge in [0, 0.05) is 21.8 Å². The van der Waals surface area contributed by atoms with Crippen molar-refractivity contribution in [2.24, 2.45) is 0 Å². The topological polar surface area (TPSA) is 76.1 Å². The van der Waals surface area contributed by atoms with Gasteiger partial charge < -0.3 is 14.6 Å². The molecule has 1 aliphatic rings. The number of para-hydroxylation sites is 1. The molecule has 34 heavy (non-hydrogen) atoms. The van der Waals surface area contributed by atoms with Crippen LogP contribution >= 0.6 is 11.6 Å². The van der Waals surface area contributed by atoms with Gasteiger partial charge in [-0.1, -0.05) is 35.9 Å². The molecule has 1 saturated heterocycles. The number of methoxy groups -OCH3 is 2. The standard InChI is InChI=1S/C27H24ClNO5/c1-15-9-10-17(14-21(15)28)29-24(20-7-5-6-8-22(20)34-4)23(26(31)27(29)32)25(30)19-12-11-18(33-3)13-16(19)2/h5-14,24,30H,1-4H3/b25-23+. The fourth-order valence-corrected chi connectivity index (χ4v) is 4.37. The summed E-state index contributed by atoms with van der Waals surface area (Å²) in [5, 5.41) is 11.8. The molecule has 0 aromatic heterocycles. The van der Waals surface area contributed by atoms with Gasteiger partial charge in [0.05, 0.1) is 25.8 Å². The summed E-state index contributed by atoms with van der Waals surface area (Å²) in [6, 6.07) is 16.4. The lowest BCUT2D eigenvalue weighted by Crippen LogP contribution is -2.29. The number of halogens is 1. The lowest BCUT2D eigenvalue weighted by atomic mass is 9.93. The highest BCUT2D eigenvalue weighted by Crippen LogP contribution is 2.45. The number of hydrogen-bond acceptors (Lipinski definition) is 5. The number of Topliss-reactive ketones (excluding diaryl/α,β-unsaturated/α-hetero) is 1. The Kier molecular flexibility index (Phi) is 6.35. The summed E-state index contributed by atoms with van der Waals surface area (Å²) in [4.78, 5) is 28.1. The fraction of sp³-hybridized carbons (Fsp3) is 0.185. The monoisotopic (exact) mass is 477 g/mol. The molecule has 1 amide bonds. The molecule has 0 saturated carbocycles. The molecule has 1 unspecified atom stereocenters. The number of ether oxygens (including phenoxy) is 2. The second kappa shape index (κ2) is 9.23. The highest BCUT2D eigenvalue weighted by Gasteiger charge is 2.48. The molecule has 1 atom stereocenters. The number of aryl methyl sites for hydroxylation is 2. The van der Waals surface area contributed by atoms with E-state index in [2.05, 4.69) is 0 Å². The molecule has 0 bridgehead atoms. The van der Waals surface area contributed by atoms with Crippen LogP contribution in [0.3, 0.4) is 0 Å². The van der Waals surface area contributed by atoms with Crippen molar-refractivity contribution in [1.29, 1.82) is 0 Å². The zero-order chi connectivity index (χ0) is 24.6. The van der Waals surface area contributed by atoms with Crippen LogP contribution in [0.1, 0.15) is 28.3 Å². The first-order valence-electron chi connectivity index (χ1n) is 10.6. The number of carbonyl (C=O) groups is 2. The van der Waals surface area contributed by atoms with Crippen molar-refractivity contribution in [3.63, 3.8) is 0 Å². The predicted molar refractivity (Wildman–Crippen MR) is 132 cm³/mol. The lowest BCUT2D eigenvalue weighted by Gasteiger charge is -2.27. The van der Waals surface area contributed by atoms with Crippen LogP contribution in [0.15, 0.2) is 66.2 Å². The number of hydrogen-bond donors (Lipinski definition) is 1. The zero-order valence-electron chi connectivity index (χ0n) is 19.3. The number of aliphatic hydroxyl groups excluding tert-OH is 1. The summed E-state index contributed by atoms with van der Waals surface area (Å²) in [5.41, 5.74) is 2.94. The average Bonchev–Trinajstić information content (AvgIpc) is 3.10. The SMILES string of the molecule is COc1ccc(/C(O)=C2\C(=O)C(=O)N(c3ccc(C)c(Cl)c3)C2c2ccccc2OC)c(C)c1. The third-order valence-electron chi connectivity index (χ3n) is 6.00. The summed E-state index contributed by atoms with van der Waals surface area (Å²) in [6.07, 6.45) is 0. The molecule has 7 heteroatoms. The van der Waals surface area contributed by atoms with Crippen molar-refractivity contribution in [2.45, 2.75) is 19.9 Å². The predicted octanol–water partition coefficient (Wildman–Crippen LogP) is 5.60. The molecule has 3 aromatic carbocycles. The minimum Gasteiger partial charge on any atom is -0.507 e. The number of nitrogens with zero attached hydrogens (tertiary/aromatic N) is 1. The maximum Gasteiger partial charge on any atom is 0.300 e. The second-order valence-corrected chi connectivity index (χ2v) is 8.43. The molecule has 6 nitrogen and oxygen atoms in total. The molecule has 1 heterocycles. The normalized spacial score (nSPS) is 17.2. The molecule has 0 radical (unpaired) electrons. The third kappa shape index (κ3) is 3.90. The Balaban J connectivity index is 2.00. The van der Waals surface area contributed by atoms with Crippen molar-refractivity contribution in [3.05, 3.63) is 93.5 Å². The largest absolute Gasteiger partial charge is 0.507 e. The van der Waals surface area contributed by atoms with Gasteiger partial charge in [-0.25, -0.2) is 0 Å². The number of amides is 1. The first-order valence-corrected chi connectivity index (χ1v) is 11.0. The summed E-state index contributed by atoms with van der Waals surface area (Å²) in [6.45, 7) is 3.65. The highest BCUT2D eigenvalue weighted by atomic mass is 35.5. The van der Waals surface area contributed by atoms with Crippen molar-refractivity contribution < 1.29 is 24.2 Å². The maximum atomic E-state index is 13.4. The molecule has 4 rings (SSSR count). The smallest absolute Gasteiger partial charge is 0.300 e. The Hall–Kier alpha value is -3.77. The summed E-state index contributed by atoms with van der Waals surface area (Å²) >= 11 is 6.35. The van der Waals surface area contributed by atoms with Crippen LogP contribution in [0.5, 0.6) is 11.5 Å². The highest BCUT2D eigenvalue weighted by molar-refractivity contribution is 6.52. The Morgan fingerprint density at radius 2 is 1.68 bits per heavy atom. The van der Waals surface area contributed by atoms with E-state index in [1.165, 1.54) is 12.0 Å². The van der Waals surface area contributed by atoms with Gasteiger partial charge in [-0.2, -0.15) is 0 Å².